The third kappa shape index (κ3) is 4.00. The third-order valence-electron chi connectivity index (χ3n) is 5.01. The summed E-state index contributed by atoms with van der Waals surface area (Å²) in [5.74, 6) is 1.40. The van der Waals surface area contributed by atoms with Gasteiger partial charge in [-0.2, -0.15) is 5.10 Å². The summed E-state index contributed by atoms with van der Waals surface area (Å²) >= 11 is 1.56. The summed E-state index contributed by atoms with van der Waals surface area (Å²) in [5.41, 5.74) is 3.71. The van der Waals surface area contributed by atoms with E-state index in [1.165, 1.54) is 12.1 Å². The highest BCUT2D eigenvalue weighted by Gasteiger charge is 2.32. The highest BCUT2D eigenvalue weighted by Crippen LogP contribution is 2.46. The Morgan fingerprint density at radius 1 is 1.17 bits per heavy atom. The number of rotatable bonds is 5. The van der Waals surface area contributed by atoms with Gasteiger partial charge in [0.15, 0.2) is 17.3 Å². The predicted octanol–water partition coefficient (Wildman–Crippen LogP) is 4.61. The lowest BCUT2D eigenvalue weighted by atomic mass is 10.0. The Kier molecular flexibility index (Phi) is 5.67. The van der Waals surface area contributed by atoms with Gasteiger partial charge >= 0.3 is 0 Å². The molecule has 30 heavy (non-hydrogen) atoms. The van der Waals surface area contributed by atoms with Crippen LogP contribution in [0.1, 0.15) is 34.6 Å². The minimum Gasteiger partial charge on any atom is -0.493 e. The lowest BCUT2D eigenvalue weighted by molar-refractivity contribution is -0.115. The van der Waals surface area contributed by atoms with Crippen molar-refractivity contribution >= 4 is 23.5 Å². The molecule has 0 unspecified atom stereocenters. The number of hydrogen-bond acceptors (Lipinski definition) is 5. The summed E-state index contributed by atoms with van der Waals surface area (Å²) in [4.78, 5) is 12.3. The molecule has 1 aliphatic rings. The van der Waals surface area contributed by atoms with Crippen LogP contribution in [0.4, 0.5) is 10.2 Å². The molecule has 1 amide bonds. The van der Waals surface area contributed by atoms with Crippen LogP contribution in [-0.4, -0.2) is 28.5 Å². The van der Waals surface area contributed by atoms with E-state index in [0.717, 1.165) is 22.4 Å². The first-order valence-electron chi connectivity index (χ1n) is 9.52. The monoisotopic (exact) mass is 427 g/mol. The number of fused-ring (bicyclic) bond motifs is 1. The number of amides is 1. The molecule has 0 saturated heterocycles. The van der Waals surface area contributed by atoms with Crippen LogP contribution in [0, 0.1) is 12.7 Å². The quantitative estimate of drug-likeness (QED) is 0.622. The van der Waals surface area contributed by atoms with Crippen LogP contribution >= 0.6 is 11.8 Å². The highest BCUT2D eigenvalue weighted by molar-refractivity contribution is 8.01. The van der Waals surface area contributed by atoms with Crippen molar-refractivity contribution in [2.24, 2.45) is 0 Å². The molecule has 1 aromatic heterocycles. The van der Waals surface area contributed by atoms with E-state index in [-0.39, 0.29) is 22.2 Å². The molecule has 2 heterocycles. The summed E-state index contributed by atoms with van der Waals surface area (Å²) in [6.07, 6.45) is 0. The summed E-state index contributed by atoms with van der Waals surface area (Å²) in [5, 5.41) is 9.78. The van der Waals surface area contributed by atoms with E-state index in [1.54, 1.807) is 31.0 Å². The molecule has 0 radical (unpaired) electrons. The summed E-state index contributed by atoms with van der Waals surface area (Å²) < 4.78 is 24.5. The largest absolute Gasteiger partial charge is 0.493 e. The number of aromatic amines is 1. The smallest absolute Gasteiger partial charge is 0.238 e. The number of benzene rings is 2. The van der Waals surface area contributed by atoms with Gasteiger partial charge in [0, 0.05) is 11.3 Å². The van der Waals surface area contributed by atoms with Crippen LogP contribution in [-0.2, 0) is 11.4 Å². The first-order valence-corrected chi connectivity index (χ1v) is 10.5. The highest BCUT2D eigenvalue weighted by atomic mass is 32.2. The van der Waals surface area contributed by atoms with Crippen LogP contribution in [0.25, 0.3) is 0 Å². The number of hydrogen-bond donors (Lipinski definition) is 2. The van der Waals surface area contributed by atoms with Crippen LogP contribution in [0.15, 0.2) is 42.5 Å². The van der Waals surface area contributed by atoms with Crippen molar-refractivity contribution in [3.63, 3.8) is 0 Å². The molecule has 8 heteroatoms. The molecule has 4 rings (SSSR count). The van der Waals surface area contributed by atoms with Crippen molar-refractivity contribution in [2.45, 2.75) is 31.0 Å². The summed E-state index contributed by atoms with van der Waals surface area (Å²) in [7, 11) is 1.59. The van der Waals surface area contributed by atoms with Crippen molar-refractivity contribution in [3.8, 4) is 11.5 Å². The van der Waals surface area contributed by atoms with E-state index in [9.17, 15) is 9.18 Å². The maximum Gasteiger partial charge on any atom is 0.238 e. The minimum atomic E-state index is -0.280. The average Bonchev–Trinajstić information content (AvgIpc) is 3.04. The second kappa shape index (κ2) is 8.39. The van der Waals surface area contributed by atoms with E-state index in [1.807, 2.05) is 32.0 Å². The zero-order chi connectivity index (χ0) is 21.3. The SMILES string of the molecule is COc1cc([C@H]2S[C@H](C)C(=O)Nc3n[nH]c(C)c32)ccc1OCc1ccc(F)cc1. The van der Waals surface area contributed by atoms with Gasteiger partial charge < -0.3 is 14.8 Å². The van der Waals surface area contributed by atoms with E-state index < -0.39 is 0 Å². The maximum atomic E-state index is 13.1. The van der Waals surface area contributed by atoms with Gasteiger partial charge in [0.05, 0.1) is 17.6 Å². The Hall–Kier alpha value is -3.00. The Balaban J connectivity index is 1.62. The number of aryl methyl sites for hydroxylation is 1. The van der Waals surface area contributed by atoms with Crippen molar-refractivity contribution in [3.05, 3.63) is 70.7 Å². The van der Waals surface area contributed by atoms with Gasteiger partial charge in [0.2, 0.25) is 5.91 Å². The molecule has 0 bridgehead atoms. The van der Waals surface area contributed by atoms with Gasteiger partial charge in [-0.15, -0.1) is 11.8 Å². The number of H-pyrrole nitrogens is 1. The van der Waals surface area contributed by atoms with Crippen molar-refractivity contribution < 1.29 is 18.7 Å². The zero-order valence-electron chi connectivity index (χ0n) is 16.9. The Morgan fingerprint density at radius 2 is 1.93 bits per heavy atom. The normalized spacial score (nSPS) is 18.3. The van der Waals surface area contributed by atoms with Crippen LogP contribution in [0.2, 0.25) is 0 Å². The molecule has 2 N–H and O–H groups in total. The van der Waals surface area contributed by atoms with Crippen molar-refractivity contribution in [1.82, 2.24) is 10.2 Å². The number of ether oxygens (including phenoxy) is 2. The molecular weight excluding hydrogens is 405 g/mol. The lowest BCUT2D eigenvalue weighted by Gasteiger charge is -2.19. The second-order valence-corrected chi connectivity index (χ2v) is 8.53. The van der Waals surface area contributed by atoms with Gasteiger partial charge in [-0.05, 0) is 49.2 Å². The molecule has 3 aromatic rings. The first-order chi connectivity index (χ1) is 14.5. The van der Waals surface area contributed by atoms with E-state index >= 15 is 0 Å². The van der Waals surface area contributed by atoms with Crippen LogP contribution in [0.5, 0.6) is 11.5 Å². The van der Waals surface area contributed by atoms with Gasteiger partial charge in [0.1, 0.15) is 12.4 Å². The number of methoxy groups -OCH3 is 1. The fourth-order valence-electron chi connectivity index (χ4n) is 3.36. The van der Waals surface area contributed by atoms with Crippen LogP contribution < -0.4 is 14.8 Å². The number of aromatic nitrogens is 2. The number of nitrogens with one attached hydrogen (secondary N) is 2. The standard InChI is InChI=1S/C22H22FN3O3S/c1-12-19-20(30-13(2)22(27)24-21(19)26-25-12)15-6-9-17(18(10-15)28-3)29-11-14-4-7-16(23)8-5-14/h4-10,13,20H,11H2,1-3H3,(H2,24,25,26,27)/t13-,20-/m1/s1. The van der Waals surface area contributed by atoms with E-state index in [2.05, 4.69) is 15.5 Å². The number of halogens is 1. The maximum absolute atomic E-state index is 13.1. The molecule has 0 fully saturated rings. The lowest BCUT2D eigenvalue weighted by Crippen LogP contribution is -2.21. The Labute approximate surface area is 178 Å². The molecule has 0 spiro atoms. The minimum absolute atomic E-state index is 0.0681. The van der Waals surface area contributed by atoms with Crippen LogP contribution in [0.3, 0.4) is 0 Å². The van der Waals surface area contributed by atoms with Crippen molar-refractivity contribution in [1.29, 1.82) is 0 Å². The Bertz CT molecular complexity index is 1070. The average molecular weight is 428 g/mol. The molecule has 2 aromatic carbocycles. The molecule has 1 aliphatic heterocycles. The molecule has 6 nitrogen and oxygen atoms in total. The second-order valence-electron chi connectivity index (χ2n) is 7.08. The number of nitrogens with zero attached hydrogens (tertiary/aromatic N) is 1. The van der Waals surface area contributed by atoms with Gasteiger partial charge in [-0.3, -0.25) is 9.89 Å². The molecule has 0 aliphatic carbocycles. The zero-order valence-corrected chi connectivity index (χ0v) is 17.7. The fraction of sp³-hybridized carbons (Fsp3) is 0.273. The summed E-state index contributed by atoms with van der Waals surface area (Å²) in [6.45, 7) is 4.13. The van der Waals surface area contributed by atoms with Gasteiger partial charge in [0.25, 0.3) is 0 Å². The topological polar surface area (TPSA) is 76.2 Å². The third-order valence-corrected chi connectivity index (χ3v) is 6.41. The number of carbonyl (C=O) groups is 1. The molecule has 2 atom stereocenters. The fourth-order valence-corrected chi connectivity index (χ4v) is 4.68. The van der Waals surface area contributed by atoms with E-state index in [0.29, 0.717) is 23.9 Å². The first kappa shape index (κ1) is 20.3. The predicted molar refractivity (Wildman–Crippen MR) is 115 cm³/mol. The van der Waals surface area contributed by atoms with Crippen molar-refractivity contribution in [2.75, 3.05) is 12.4 Å². The molecular formula is C22H22FN3O3S. The van der Waals surface area contributed by atoms with Gasteiger partial charge in [-0.25, -0.2) is 4.39 Å². The number of carbonyl (C=O) groups excluding carboxylic acids is 1. The molecule has 156 valence electrons. The summed E-state index contributed by atoms with van der Waals surface area (Å²) in [6, 6.07) is 11.9. The van der Waals surface area contributed by atoms with E-state index in [4.69, 9.17) is 9.47 Å². The number of anilines is 1. The number of thioether (sulfide) groups is 1. The Morgan fingerprint density at radius 3 is 2.67 bits per heavy atom. The molecule has 0 saturated carbocycles. The van der Waals surface area contributed by atoms with Gasteiger partial charge in [-0.1, -0.05) is 18.2 Å².